The van der Waals surface area contributed by atoms with Crippen LogP contribution in [-0.2, 0) is 6.42 Å². The molecule has 0 bridgehead atoms. The Bertz CT molecular complexity index is 1360. The van der Waals surface area contributed by atoms with Crippen LogP contribution in [0.25, 0.3) is 28.0 Å². The van der Waals surface area contributed by atoms with Gasteiger partial charge < -0.3 is 29.8 Å². The maximum absolute atomic E-state index is 13.6. The SMILES string of the molecule is COc1c(O)c(N)c2oc3cc4c(c(O)c3c(=O)c2c1CC=C(C)C)C=CC(C)(C)O4. The van der Waals surface area contributed by atoms with Gasteiger partial charge in [-0.25, -0.2) is 0 Å². The van der Waals surface area contributed by atoms with Gasteiger partial charge in [-0.1, -0.05) is 11.6 Å². The van der Waals surface area contributed by atoms with E-state index in [4.69, 9.17) is 19.6 Å². The van der Waals surface area contributed by atoms with Gasteiger partial charge >= 0.3 is 0 Å². The topological polar surface area (TPSA) is 115 Å². The van der Waals surface area contributed by atoms with E-state index in [-0.39, 0.29) is 44.9 Å². The summed E-state index contributed by atoms with van der Waals surface area (Å²) >= 11 is 0. The molecule has 0 aliphatic carbocycles. The molecule has 0 unspecified atom stereocenters. The number of nitrogen functional groups attached to an aromatic ring is 1. The average Bonchev–Trinajstić information content (AvgIpc) is 2.68. The molecule has 0 saturated heterocycles. The molecule has 1 aliphatic rings. The molecule has 0 radical (unpaired) electrons. The highest BCUT2D eigenvalue weighted by molar-refractivity contribution is 6.03. The zero-order valence-electron chi connectivity index (χ0n) is 18.1. The smallest absolute Gasteiger partial charge is 0.204 e. The first kappa shape index (κ1) is 20.7. The summed E-state index contributed by atoms with van der Waals surface area (Å²) in [6, 6.07) is 1.56. The van der Waals surface area contributed by atoms with Crippen molar-refractivity contribution in [2.45, 2.75) is 39.7 Å². The lowest BCUT2D eigenvalue weighted by Gasteiger charge is -2.28. The van der Waals surface area contributed by atoms with Crippen LogP contribution in [0, 0.1) is 0 Å². The van der Waals surface area contributed by atoms with E-state index in [0.29, 0.717) is 23.3 Å². The van der Waals surface area contributed by atoms with E-state index in [2.05, 4.69) is 0 Å². The molecular formula is C24H25NO6. The third-order valence-electron chi connectivity index (χ3n) is 5.39. The van der Waals surface area contributed by atoms with Gasteiger partial charge in [0.2, 0.25) is 5.43 Å². The molecule has 3 aromatic rings. The van der Waals surface area contributed by atoms with Crippen molar-refractivity contribution in [3.8, 4) is 23.0 Å². The predicted molar refractivity (Wildman–Crippen MR) is 121 cm³/mol. The van der Waals surface area contributed by atoms with Crippen LogP contribution in [0.5, 0.6) is 23.0 Å². The normalized spacial score (nSPS) is 14.4. The first-order chi connectivity index (χ1) is 14.6. The lowest BCUT2D eigenvalue weighted by molar-refractivity contribution is 0.158. The number of phenolic OH excluding ortho intramolecular Hbond substituents is 2. The minimum Gasteiger partial charge on any atom is -0.506 e. The highest BCUT2D eigenvalue weighted by Crippen LogP contribution is 2.46. The first-order valence-corrected chi connectivity index (χ1v) is 9.91. The van der Waals surface area contributed by atoms with Crippen molar-refractivity contribution < 1.29 is 24.1 Å². The van der Waals surface area contributed by atoms with E-state index < -0.39 is 11.0 Å². The van der Waals surface area contributed by atoms with E-state index in [1.54, 1.807) is 12.1 Å². The van der Waals surface area contributed by atoms with E-state index in [9.17, 15) is 15.0 Å². The maximum Gasteiger partial charge on any atom is 0.204 e. The third-order valence-corrected chi connectivity index (χ3v) is 5.39. The molecule has 2 aromatic carbocycles. The Hall–Kier alpha value is -3.61. The Balaban J connectivity index is 2.17. The Morgan fingerprint density at radius 1 is 1.23 bits per heavy atom. The Labute approximate surface area is 179 Å². The fourth-order valence-corrected chi connectivity index (χ4v) is 3.84. The number of anilines is 1. The first-order valence-electron chi connectivity index (χ1n) is 9.91. The zero-order valence-corrected chi connectivity index (χ0v) is 18.1. The fraction of sp³-hybridized carbons (Fsp3) is 0.292. The maximum atomic E-state index is 13.6. The van der Waals surface area contributed by atoms with E-state index in [1.807, 2.05) is 39.8 Å². The molecule has 4 N–H and O–H groups in total. The molecule has 7 heteroatoms. The van der Waals surface area contributed by atoms with Gasteiger partial charge in [-0.3, -0.25) is 4.79 Å². The molecule has 0 fully saturated rings. The number of hydrogen-bond acceptors (Lipinski definition) is 7. The summed E-state index contributed by atoms with van der Waals surface area (Å²) in [6.07, 6.45) is 5.76. The summed E-state index contributed by atoms with van der Waals surface area (Å²) in [4.78, 5) is 13.6. The minimum atomic E-state index is -0.577. The summed E-state index contributed by atoms with van der Waals surface area (Å²) < 4.78 is 17.3. The van der Waals surface area contributed by atoms with Crippen molar-refractivity contribution in [2.24, 2.45) is 0 Å². The highest BCUT2D eigenvalue weighted by atomic mass is 16.5. The Kier molecular flexibility index (Phi) is 4.65. The number of phenols is 2. The van der Waals surface area contributed by atoms with Crippen LogP contribution in [0.15, 0.2) is 33.0 Å². The van der Waals surface area contributed by atoms with E-state index >= 15 is 0 Å². The summed E-state index contributed by atoms with van der Waals surface area (Å²) in [5.41, 5.74) is 6.99. The van der Waals surface area contributed by atoms with Gasteiger partial charge in [0.15, 0.2) is 17.1 Å². The fourth-order valence-electron chi connectivity index (χ4n) is 3.84. The molecule has 162 valence electrons. The second-order valence-corrected chi connectivity index (χ2v) is 8.44. The summed E-state index contributed by atoms with van der Waals surface area (Å²) in [5.74, 6) is -0.0246. The van der Waals surface area contributed by atoms with Crippen molar-refractivity contribution in [3.05, 3.63) is 45.1 Å². The van der Waals surface area contributed by atoms with Crippen molar-refractivity contribution in [1.29, 1.82) is 0 Å². The second-order valence-electron chi connectivity index (χ2n) is 8.44. The standard InChI is InChI=1S/C24H25NO6/c1-11(2)6-7-13-16-20(27)17-15(30-23(16)18(25)21(28)22(13)29-5)10-14-12(19(17)26)8-9-24(3,4)31-14/h6,8-10,26,28H,7,25H2,1-5H3. The average molecular weight is 423 g/mol. The van der Waals surface area contributed by atoms with Crippen LogP contribution in [0.4, 0.5) is 5.69 Å². The number of rotatable bonds is 3. The largest absolute Gasteiger partial charge is 0.506 e. The summed E-state index contributed by atoms with van der Waals surface area (Å²) in [6.45, 7) is 7.61. The van der Waals surface area contributed by atoms with E-state index in [1.165, 1.54) is 7.11 Å². The molecule has 7 nitrogen and oxygen atoms in total. The number of allylic oxidation sites excluding steroid dienone is 2. The van der Waals surface area contributed by atoms with Crippen LogP contribution in [0.3, 0.4) is 0 Å². The number of benzene rings is 2. The second kappa shape index (κ2) is 6.97. The zero-order chi connectivity index (χ0) is 22.7. The molecule has 31 heavy (non-hydrogen) atoms. The lowest BCUT2D eigenvalue weighted by Crippen LogP contribution is -2.27. The number of ether oxygens (including phenoxy) is 2. The van der Waals surface area contributed by atoms with Crippen molar-refractivity contribution >= 4 is 33.7 Å². The van der Waals surface area contributed by atoms with Crippen molar-refractivity contribution in [3.63, 3.8) is 0 Å². The van der Waals surface area contributed by atoms with Gasteiger partial charge in [-0.2, -0.15) is 0 Å². The van der Waals surface area contributed by atoms with Crippen molar-refractivity contribution in [2.75, 3.05) is 12.8 Å². The molecule has 4 rings (SSSR count). The molecule has 0 saturated carbocycles. The van der Waals surface area contributed by atoms with Crippen LogP contribution < -0.4 is 20.6 Å². The third kappa shape index (κ3) is 3.17. The number of hydrogen-bond donors (Lipinski definition) is 3. The molecule has 0 atom stereocenters. The van der Waals surface area contributed by atoms with Crippen LogP contribution >= 0.6 is 0 Å². The van der Waals surface area contributed by atoms with Crippen LogP contribution in [0.1, 0.15) is 38.8 Å². The lowest BCUT2D eigenvalue weighted by atomic mass is 9.97. The summed E-state index contributed by atoms with van der Waals surface area (Å²) in [5, 5.41) is 21.7. The molecule has 0 spiro atoms. The predicted octanol–water partition coefficient (Wildman–Crippen LogP) is 4.64. The Morgan fingerprint density at radius 3 is 2.58 bits per heavy atom. The van der Waals surface area contributed by atoms with Gasteiger partial charge in [-0.05, 0) is 46.3 Å². The quantitative estimate of drug-likeness (QED) is 0.243. The number of methoxy groups -OCH3 is 1. The Morgan fingerprint density at radius 2 is 1.94 bits per heavy atom. The van der Waals surface area contributed by atoms with Crippen LogP contribution in [-0.4, -0.2) is 22.9 Å². The molecule has 1 aliphatic heterocycles. The monoisotopic (exact) mass is 423 g/mol. The molecule has 2 heterocycles. The molecule has 0 amide bonds. The number of aromatic hydroxyl groups is 2. The van der Waals surface area contributed by atoms with Crippen molar-refractivity contribution in [1.82, 2.24) is 0 Å². The summed E-state index contributed by atoms with van der Waals surface area (Å²) in [7, 11) is 1.40. The highest BCUT2D eigenvalue weighted by Gasteiger charge is 2.29. The molecule has 1 aromatic heterocycles. The van der Waals surface area contributed by atoms with Gasteiger partial charge in [0.1, 0.15) is 33.8 Å². The van der Waals surface area contributed by atoms with Crippen LogP contribution in [0.2, 0.25) is 0 Å². The molecular weight excluding hydrogens is 398 g/mol. The minimum absolute atomic E-state index is 0.0183. The van der Waals surface area contributed by atoms with Gasteiger partial charge in [0, 0.05) is 11.6 Å². The number of fused-ring (bicyclic) bond motifs is 3. The number of nitrogens with two attached hydrogens (primary N) is 1. The van der Waals surface area contributed by atoms with Gasteiger partial charge in [-0.15, -0.1) is 0 Å². The van der Waals surface area contributed by atoms with E-state index in [0.717, 1.165) is 5.57 Å². The van der Waals surface area contributed by atoms with Gasteiger partial charge in [0.05, 0.1) is 18.1 Å². The van der Waals surface area contributed by atoms with Gasteiger partial charge in [0.25, 0.3) is 0 Å².